The van der Waals surface area contributed by atoms with Gasteiger partial charge in [-0.05, 0) is 6.08 Å². The fraction of sp³-hybridized carbons (Fsp3) is 0.500. The molecule has 1 heterocycles. The third kappa shape index (κ3) is 0.857. The van der Waals surface area contributed by atoms with Crippen LogP contribution in [0.25, 0.3) is 6.08 Å². The highest BCUT2D eigenvalue weighted by atomic mass is 35.5. The Morgan fingerprint density at radius 2 is 2.18 bits per heavy atom. The number of nitrogens with zero attached hydrogens (tertiary/aromatic N) is 2. The smallest absolute Gasteiger partial charge is 0.0778 e. The van der Waals surface area contributed by atoms with Crippen LogP contribution >= 0.6 is 11.6 Å². The molecule has 60 valence electrons. The number of halogens is 1. The lowest BCUT2D eigenvalue weighted by Gasteiger charge is -2.29. The van der Waals surface area contributed by atoms with Gasteiger partial charge in [0, 0.05) is 20.5 Å². The Bertz CT molecular complexity index is 306. The molecule has 0 amide bonds. The average molecular weight is 171 g/mol. The predicted octanol–water partition coefficient (Wildman–Crippen LogP) is 1.54. The van der Waals surface area contributed by atoms with Gasteiger partial charge in [-0.3, -0.25) is 9.36 Å². The summed E-state index contributed by atoms with van der Waals surface area (Å²) in [6, 6.07) is 0. The molecule has 1 unspecified atom stereocenters. The third-order valence-electron chi connectivity index (χ3n) is 2.34. The molecule has 1 aromatic rings. The number of alkyl halides is 1. The minimum Gasteiger partial charge on any atom is -0.291 e. The Kier molecular flexibility index (Phi) is 1.39. The summed E-state index contributed by atoms with van der Waals surface area (Å²) < 4.78 is 4.25. The normalized spacial score (nSPS) is 22.3. The van der Waals surface area contributed by atoms with Gasteiger partial charge in [-0.25, -0.2) is 0 Å². The average Bonchev–Trinajstić information content (AvgIpc) is 2.03. The van der Waals surface area contributed by atoms with Gasteiger partial charge < -0.3 is 0 Å². The number of fused-ring (bicyclic) bond motifs is 1. The molecule has 0 aromatic carbocycles. The molecule has 1 aromatic heterocycles. The molecule has 0 aliphatic heterocycles. The molecule has 11 heavy (non-hydrogen) atoms. The first kappa shape index (κ1) is 7.04. The third-order valence-corrected chi connectivity index (χ3v) is 2.64. The van der Waals surface area contributed by atoms with Gasteiger partial charge in [0.05, 0.1) is 16.8 Å². The molecule has 2 nitrogen and oxygen atoms in total. The van der Waals surface area contributed by atoms with Crippen LogP contribution in [0.1, 0.15) is 11.4 Å². The topological polar surface area (TPSA) is 9.86 Å². The largest absolute Gasteiger partial charge is 0.291 e. The molecule has 0 bridgehead atoms. The van der Waals surface area contributed by atoms with Gasteiger partial charge in [0.15, 0.2) is 0 Å². The summed E-state index contributed by atoms with van der Waals surface area (Å²) in [6.45, 7) is 0. The van der Waals surface area contributed by atoms with Crippen LogP contribution in [0.15, 0.2) is 6.08 Å². The Labute approximate surface area is 71.0 Å². The molecule has 1 atom stereocenters. The maximum atomic E-state index is 5.96. The van der Waals surface area contributed by atoms with Crippen molar-refractivity contribution in [3.05, 3.63) is 17.5 Å². The van der Waals surface area contributed by atoms with Gasteiger partial charge >= 0.3 is 0 Å². The summed E-state index contributed by atoms with van der Waals surface area (Å²) >= 11 is 5.96. The standard InChI is InChI=1S/C8H11ClN2/c1-10-7-4-3-6(9)5-8(7)11(10)2/h3-4,6H,5H2,1-2H3. The van der Waals surface area contributed by atoms with Crippen molar-refractivity contribution in [2.75, 3.05) is 0 Å². The van der Waals surface area contributed by atoms with Crippen molar-refractivity contribution in [3.8, 4) is 0 Å². The van der Waals surface area contributed by atoms with E-state index in [0.29, 0.717) is 0 Å². The van der Waals surface area contributed by atoms with Gasteiger partial charge in [0.25, 0.3) is 0 Å². The van der Waals surface area contributed by atoms with Crippen molar-refractivity contribution < 1.29 is 0 Å². The zero-order valence-corrected chi connectivity index (χ0v) is 7.47. The highest BCUT2D eigenvalue weighted by Crippen LogP contribution is 2.23. The van der Waals surface area contributed by atoms with Crippen LogP contribution < -0.4 is 0 Å². The maximum Gasteiger partial charge on any atom is 0.0778 e. The lowest BCUT2D eigenvalue weighted by molar-refractivity contribution is 0.476. The minimum atomic E-state index is 0.185. The minimum absolute atomic E-state index is 0.185. The van der Waals surface area contributed by atoms with Gasteiger partial charge in [-0.15, -0.1) is 11.6 Å². The van der Waals surface area contributed by atoms with E-state index in [2.05, 4.69) is 29.5 Å². The van der Waals surface area contributed by atoms with Crippen molar-refractivity contribution in [1.82, 2.24) is 9.36 Å². The van der Waals surface area contributed by atoms with Crippen LogP contribution in [-0.4, -0.2) is 14.7 Å². The van der Waals surface area contributed by atoms with Crippen molar-refractivity contribution in [2.24, 2.45) is 14.1 Å². The highest BCUT2D eigenvalue weighted by molar-refractivity contribution is 6.22. The lowest BCUT2D eigenvalue weighted by atomic mass is 10.1. The number of hydrogen-bond donors (Lipinski definition) is 0. The second-order valence-corrected chi connectivity index (χ2v) is 3.52. The molecule has 0 spiro atoms. The monoisotopic (exact) mass is 170 g/mol. The van der Waals surface area contributed by atoms with E-state index in [1.165, 1.54) is 11.4 Å². The molecule has 0 saturated heterocycles. The lowest BCUT2D eigenvalue weighted by Crippen LogP contribution is -2.29. The van der Waals surface area contributed by atoms with Crippen LogP contribution in [0, 0.1) is 0 Å². The van der Waals surface area contributed by atoms with Crippen LogP contribution in [0.4, 0.5) is 0 Å². The zero-order valence-electron chi connectivity index (χ0n) is 6.71. The first-order valence-corrected chi connectivity index (χ1v) is 4.16. The Hall–Kier alpha value is -0.630. The first-order valence-electron chi connectivity index (χ1n) is 3.73. The molecule has 3 heteroatoms. The maximum absolute atomic E-state index is 5.96. The van der Waals surface area contributed by atoms with E-state index in [4.69, 9.17) is 11.6 Å². The van der Waals surface area contributed by atoms with E-state index in [-0.39, 0.29) is 5.38 Å². The predicted molar refractivity (Wildman–Crippen MR) is 46.8 cm³/mol. The Morgan fingerprint density at radius 3 is 2.91 bits per heavy atom. The highest BCUT2D eigenvalue weighted by Gasteiger charge is 2.19. The summed E-state index contributed by atoms with van der Waals surface area (Å²) in [5.41, 5.74) is 2.67. The molecule has 2 rings (SSSR count). The van der Waals surface area contributed by atoms with Crippen molar-refractivity contribution in [1.29, 1.82) is 0 Å². The van der Waals surface area contributed by atoms with Gasteiger partial charge in [-0.1, -0.05) is 6.08 Å². The second-order valence-electron chi connectivity index (χ2n) is 2.96. The number of allylic oxidation sites excluding steroid dienone is 1. The van der Waals surface area contributed by atoms with E-state index in [1.54, 1.807) is 0 Å². The molecule has 0 N–H and O–H groups in total. The van der Waals surface area contributed by atoms with Crippen LogP contribution in [-0.2, 0) is 20.5 Å². The summed E-state index contributed by atoms with van der Waals surface area (Å²) in [5.74, 6) is 0. The van der Waals surface area contributed by atoms with E-state index in [9.17, 15) is 0 Å². The van der Waals surface area contributed by atoms with Gasteiger partial charge in [-0.2, -0.15) is 0 Å². The second kappa shape index (κ2) is 2.18. The number of aromatic nitrogens is 2. The summed E-state index contributed by atoms with van der Waals surface area (Å²) in [7, 11) is 4.11. The van der Waals surface area contributed by atoms with Crippen molar-refractivity contribution >= 4 is 17.7 Å². The van der Waals surface area contributed by atoms with Crippen molar-refractivity contribution in [3.63, 3.8) is 0 Å². The molecule has 1 aliphatic carbocycles. The number of hydrogen-bond acceptors (Lipinski definition) is 0. The fourth-order valence-electron chi connectivity index (χ4n) is 1.54. The summed E-state index contributed by atoms with van der Waals surface area (Å²) in [6.07, 6.45) is 5.11. The van der Waals surface area contributed by atoms with Crippen LogP contribution in [0.5, 0.6) is 0 Å². The zero-order chi connectivity index (χ0) is 8.01. The van der Waals surface area contributed by atoms with E-state index < -0.39 is 0 Å². The SMILES string of the molecule is Cn1c2c(n1C)CC(Cl)C=C2. The molecule has 1 aliphatic rings. The van der Waals surface area contributed by atoms with E-state index in [1.807, 2.05) is 6.08 Å². The van der Waals surface area contributed by atoms with Gasteiger partial charge in [0.1, 0.15) is 0 Å². The molecular weight excluding hydrogens is 160 g/mol. The molecule has 0 radical (unpaired) electrons. The molecule has 0 saturated carbocycles. The van der Waals surface area contributed by atoms with Crippen LogP contribution in [0.3, 0.4) is 0 Å². The fourth-order valence-corrected chi connectivity index (χ4v) is 1.76. The van der Waals surface area contributed by atoms with Gasteiger partial charge in [0.2, 0.25) is 0 Å². The summed E-state index contributed by atoms with van der Waals surface area (Å²) in [5, 5.41) is 0.185. The molecule has 0 fully saturated rings. The Morgan fingerprint density at radius 1 is 1.45 bits per heavy atom. The molecular formula is C8H11ClN2. The van der Waals surface area contributed by atoms with E-state index >= 15 is 0 Å². The first-order chi connectivity index (χ1) is 5.20. The summed E-state index contributed by atoms with van der Waals surface area (Å²) in [4.78, 5) is 0. The number of rotatable bonds is 0. The Balaban J connectivity index is 2.41. The quantitative estimate of drug-likeness (QED) is 0.523. The van der Waals surface area contributed by atoms with E-state index in [0.717, 1.165) is 6.42 Å². The van der Waals surface area contributed by atoms with Crippen LogP contribution in [0.2, 0.25) is 0 Å². The van der Waals surface area contributed by atoms with Crippen molar-refractivity contribution in [2.45, 2.75) is 11.8 Å².